The first kappa shape index (κ1) is 12.5. The Balaban J connectivity index is 2.08. The van der Waals surface area contributed by atoms with Crippen molar-refractivity contribution in [2.75, 3.05) is 13.7 Å². The van der Waals surface area contributed by atoms with E-state index >= 15 is 0 Å². The zero-order chi connectivity index (χ0) is 13.1. The number of rotatable bonds is 4. The van der Waals surface area contributed by atoms with Crippen LogP contribution in [0.2, 0.25) is 0 Å². The number of carbonyl (C=O) groups is 2. The van der Waals surface area contributed by atoms with Crippen LogP contribution in [0.5, 0.6) is 5.75 Å². The van der Waals surface area contributed by atoms with Crippen molar-refractivity contribution in [3.63, 3.8) is 0 Å². The minimum Gasteiger partial charge on any atom is -0.496 e. The highest BCUT2D eigenvalue weighted by atomic mass is 19.1. The Hall–Kier alpha value is -1.91. The van der Waals surface area contributed by atoms with E-state index in [1.54, 1.807) is 0 Å². The summed E-state index contributed by atoms with van der Waals surface area (Å²) < 4.78 is 18.2. The second-order valence-electron chi connectivity index (χ2n) is 4.15. The van der Waals surface area contributed by atoms with Crippen molar-refractivity contribution in [3.05, 3.63) is 29.6 Å². The van der Waals surface area contributed by atoms with E-state index in [-0.39, 0.29) is 37.0 Å². The van der Waals surface area contributed by atoms with Crippen molar-refractivity contribution in [3.8, 4) is 5.75 Å². The minimum absolute atomic E-state index is 0.157. The van der Waals surface area contributed by atoms with Crippen molar-refractivity contribution in [2.24, 2.45) is 0 Å². The lowest BCUT2D eigenvalue weighted by atomic mass is 10.1. The van der Waals surface area contributed by atoms with Crippen LogP contribution in [-0.2, 0) is 16.0 Å². The molecule has 0 spiro atoms. The summed E-state index contributed by atoms with van der Waals surface area (Å²) in [6, 6.07) is 4.22. The fourth-order valence-electron chi connectivity index (χ4n) is 2.05. The number of carbonyl (C=O) groups excluding carboxylic acids is 2. The average molecular weight is 251 g/mol. The molecule has 0 bridgehead atoms. The van der Waals surface area contributed by atoms with E-state index in [1.165, 1.54) is 30.2 Å². The number of nitrogens with zero attached hydrogens (tertiary/aromatic N) is 1. The fraction of sp³-hybridized carbons (Fsp3) is 0.385. The summed E-state index contributed by atoms with van der Waals surface area (Å²) in [6.07, 6.45) is 0.955. The van der Waals surface area contributed by atoms with Gasteiger partial charge >= 0.3 is 0 Å². The van der Waals surface area contributed by atoms with Crippen molar-refractivity contribution in [2.45, 2.75) is 19.3 Å². The van der Waals surface area contributed by atoms with Gasteiger partial charge in [-0.1, -0.05) is 0 Å². The first-order chi connectivity index (χ1) is 8.61. The standard InChI is InChI=1S/C13H14FNO3/c1-18-11-3-2-10(14)8-9(11)6-7-15-12(16)4-5-13(15)17/h2-3,8H,4-7H2,1H3. The van der Waals surface area contributed by atoms with E-state index in [4.69, 9.17) is 4.74 Å². The molecule has 96 valence electrons. The lowest BCUT2D eigenvalue weighted by Gasteiger charge is -2.15. The summed E-state index contributed by atoms with van der Waals surface area (Å²) in [5.41, 5.74) is 0.657. The zero-order valence-electron chi connectivity index (χ0n) is 10.1. The smallest absolute Gasteiger partial charge is 0.229 e. The number of halogens is 1. The lowest BCUT2D eigenvalue weighted by Crippen LogP contribution is -2.31. The summed E-state index contributed by atoms with van der Waals surface area (Å²) in [5, 5.41) is 0. The van der Waals surface area contributed by atoms with E-state index < -0.39 is 0 Å². The molecule has 1 heterocycles. The molecular formula is C13H14FNO3. The molecule has 0 radical (unpaired) electrons. The second-order valence-corrected chi connectivity index (χ2v) is 4.15. The van der Waals surface area contributed by atoms with E-state index in [1.807, 2.05) is 0 Å². The van der Waals surface area contributed by atoms with E-state index in [9.17, 15) is 14.0 Å². The van der Waals surface area contributed by atoms with Crippen LogP contribution in [0.25, 0.3) is 0 Å². The van der Waals surface area contributed by atoms with E-state index in [0.29, 0.717) is 17.7 Å². The molecule has 18 heavy (non-hydrogen) atoms. The van der Waals surface area contributed by atoms with Gasteiger partial charge in [0.05, 0.1) is 7.11 Å². The topological polar surface area (TPSA) is 46.6 Å². The normalized spacial score (nSPS) is 15.3. The van der Waals surface area contributed by atoms with Crippen molar-refractivity contribution >= 4 is 11.8 Å². The maximum atomic E-state index is 13.1. The van der Waals surface area contributed by atoms with Crippen LogP contribution in [0.4, 0.5) is 4.39 Å². The largest absolute Gasteiger partial charge is 0.496 e. The Morgan fingerprint density at radius 1 is 1.28 bits per heavy atom. The predicted molar refractivity (Wildman–Crippen MR) is 62.6 cm³/mol. The number of ether oxygens (including phenoxy) is 1. The van der Waals surface area contributed by atoms with Crippen molar-refractivity contribution in [1.82, 2.24) is 4.90 Å². The number of benzene rings is 1. The first-order valence-corrected chi connectivity index (χ1v) is 5.77. The number of hydrogen-bond donors (Lipinski definition) is 0. The lowest BCUT2D eigenvalue weighted by molar-refractivity contribution is -0.138. The van der Waals surface area contributed by atoms with Gasteiger partial charge in [-0.25, -0.2) is 4.39 Å². The number of methoxy groups -OCH3 is 1. The number of likely N-dealkylation sites (tertiary alicyclic amines) is 1. The Morgan fingerprint density at radius 3 is 2.56 bits per heavy atom. The van der Waals surface area contributed by atoms with Crippen molar-refractivity contribution in [1.29, 1.82) is 0 Å². The van der Waals surface area contributed by atoms with E-state index in [2.05, 4.69) is 0 Å². The van der Waals surface area contributed by atoms with Gasteiger partial charge in [-0.05, 0) is 30.2 Å². The molecule has 4 nitrogen and oxygen atoms in total. The average Bonchev–Trinajstić information content (AvgIpc) is 2.67. The maximum absolute atomic E-state index is 13.1. The molecule has 0 unspecified atom stereocenters. The van der Waals surface area contributed by atoms with Gasteiger partial charge in [0.2, 0.25) is 11.8 Å². The Morgan fingerprint density at radius 2 is 1.94 bits per heavy atom. The van der Waals surface area contributed by atoms with Gasteiger partial charge in [-0.3, -0.25) is 14.5 Å². The molecule has 0 aliphatic carbocycles. The minimum atomic E-state index is -0.357. The number of amides is 2. The molecule has 1 saturated heterocycles. The highest BCUT2D eigenvalue weighted by molar-refractivity contribution is 6.01. The maximum Gasteiger partial charge on any atom is 0.229 e. The third-order valence-corrected chi connectivity index (χ3v) is 3.00. The Bertz CT molecular complexity index is 471. The van der Waals surface area contributed by atoms with Gasteiger partial charge < -0.3 is 4.74 Å². The molecule has 2 rings (SSSR count). The summed E-state index contributed by atoms with van der Waals surface area (Å²) in [5.74, 6) is -0.105. The second kappa shape index (κ2) is 5.16. The Kier molecular flexibility index (Phi) is 3.60. The molecule has 0 N–H and O–H groups in total. The van der Waals surface area contributed by atoms with Crippen LogP contribution in [0.3, 0.4) is 0 Å². The van der Waals surface area contributed by atoms with Gasteiger partial charge in [-0.2, -0.15) is 0 Å². The molecule has 5 heteroatoms. The molecule has 1 fully saturated rings. The molecule has 0 saturated carbocycles. The first-order valence-electron chi connectivity index (χ1n) is 5.77. The highest BCUT2D eigenvalue weighted by Crippen LogP contribution is 2.21. The van der Waals surface area contributed by atoms with Crippen LogP contribution in [0.15, 0.2) is 18.2 Å². The third-order valence-electron chi connectivity index (χ3n) is 3.00. The number of imide groups is 1. The molecule has 1 aliphatic rings. The molecule has 1 aliphatic heterocycles. The van der Waals surface area contributed by atoms with Crippen LogP contribution < -0.4 is 4.74 Å². The fourth-order valence-corrected chi connectivity index (χ4v) is 2.05. The summed E-state index contributed by atoms with van der Waals surface area (Å²) >= 11 is 0. The molecule has 2 amide bonds. The molecule has 0 atom stereocenters. The molecule has 1 aromatic carbocycles. The third kappa shape index (κ3) is 2.50. The monoisotopic (exact) mass is 251 g/mol. The van der Waals surface area contributed by atoms with Gasteiger partial charge in [0.25, 0.3) is 0 Å². The molecule has 1 aromatic rings. The van der Waals surface area contributed by atoms with E-state index in [0.717, 1.165) is 0 Å². The molecule has 0 aromatic heterocycles. The molecular weight excluding hydrogens is 237 g/mol. The highest BCUT2D eigenvalue weighted by Gasteiger charge is 2.28. The van der Waals surface area contributed by atoms with Gasteiger partial charge in [0.1, 0.15) is 11.6 Å². The Labute approximate surface area is 104 Å². The van der Waals surface area contributed by atoms with Gasteiger partial charge in [-0.15, -0.1) is 0 Å². The van der Waals surface area contributed by atoms with Crippen LogP contribution >= 0.6 is 0 Å². The quantitative estimate of drug-likeness (QED) is 0.762. The summed E-state index contributed by atoms with van der Waals surface area (Å²) in [6.45, 7) is 0.275. The summed E-state index contributed by atoms with van der Waals surface area (Å²) in [7, 11) is 1.50. The van der Waals surface area contributed by atoms with Crippen molar-refractivity contribution < 1.29 is 18.7 Å². The van der Waals surface area contributed by atoms with Gasteiger partial charge in [0, 0.05) is 19.4 Å². The summed E-state index contributed by atoms with van der Waals surface area (Å²) in [4.78, 5) is 24.1. The number of hydrogen-bond acceptors (Lipinski definition) is 3. The SMILES string of the molecule is COc1ccc(F)cc1CCN1C(=O)CCC1=O. The van der Waals surface area contributed by atoms with Crippen LogP contribution in [-0.4, -0.2) is 30.4 Å². The van der Waals surface area contributed by atoms with Gasteiger partial charge in [0.15, 0.2) is 0 Å². The van der Waals surface area contributed by atoms with Crippen LogP contribution in [0.1, 0.15) is 18.4 Å². The predicted octanol–water partition coefficient (Wildman–Crippen LogP) is 1.53. The zero-order valence-corrected chi connectivity index (χ0v) is 10.1. The van der Waals surface area contributed by atoms with Crippen LogP contribution in [0, 0.1) is 5.82 Å².